The zero-order chi connectivity index (χ0) is 14.7. The number of hydrogen-bond acceptors (Lipinski definition) is 2. The zero-order valence-corrected chi connectivity index (χ0v) is 13.1. The molecule has 1 aliphatic heterocycles. The Morgan fingerprint density at radius 3 is 2.65 bits per heavy atom. The fourth-order valence-corrected chi connectivity index (χ4v) is 2.88. The summed E-state index contributed by atoms with van der Waals surface area (Å²) >= 11 is 0. The molecule has 3 nitrogen and oxygen atoms in total. The number of nitrogens with one attached hydrogen (secondary N) is 1. The lowest BCUT2D eigenvalue weighted by atomic mass is 10.0. The summed E-state index contributed by atoms with van der Waals surface area (Å²) in [6, 6.07) is 6.82. The summed E-state index contributed by atoms with van der Waals surface area (Å²) in [5, 5.41) is 3.51. The maximum Gasteiger partial charge on any atom is 0.222 e. The predicted molar refractivity (Wildman–Crippen MR) is 82.7 cm³/mol. The Morgan fingerprint density at radius 2 is 2.10 bits per heavy atom. The summed E-state index contributed by atoms with van der Waals surface area (Å²) in [6.07, 6.45) is 0.700. The van der Waals surface area contributed by atoms with Crippen molar-refractivity contribution in [2.24, 2.45) is 5.92 Å². The Kier molecular flexibility index (Phi) is 4.81. The average molecular weight is 274 g/mol. The molecule has 2 rings (SSSR count). The average Bonchev–Trinajstić information content (AvgIpc) is 2.71. The first-order valence-corrected chi connectivity index (χ1v) is 7.59. The van der Waals surface area contributed by atoms with E-state index in [4.69, 9.17) is 0 Å². The second kappa shape index (κ2) is 6.40. The minimum Gasteiger partial charge on any atom is -0.340 e. The van der Waals surface area contributed by atoms with E-state index in [2.05, 4.69) is 51.2 Å². The van der Waals surface area contributed by atoms with E-state index in [9.17, 15) is 4.79 Å². The number of rotatable bonds is 5. The van der Waals surface area contributed by atoms with E-state index in [-0.39, 0.29) is 6.04 Å². The van der Waals surface area contributed by atoms with Gasteiger partial charge in [0.15, 0.2) is 0 Å². The van der Waals surface area contributed by atoms with Gasteiger partial charge in [-0.1, -0.05) is 32.0 Å². The number of carbonyl (C=O) groups is 1. The van der Waals surface area contributed by atoms with Gasteiger partial charge in [-0.3, -0.25) is 4.79 Å². The number of likely N-dealkylation sites (tertiary alicyclic amines) is 1. The normalized spacial score (nSPS) is 20.5. The van der Waals surface area contributed by atoms with Crippen LogP contribution in [-0.2, 0) is 4.79 Å². The molecule has 1 saturated heterocycles. The van der Waals surface area contributed by atoms with Crippen LogP contribution in [0.15, 0.2) is 18.2 Å². The van der Waals surface area contributed by atoms with E-state index >= 15 is 0 Å². The predicted octanol–water partition coefficient (Wildman–Crippen LogP) is 2.82. The molecule has 1 heterocycles. The van der Waals surface area contributed by atoms with Crippen LogP contribution >= 0.6 is 0 Å². The first kappa shape index (κ1) is 15.0. The van der Waals surface area contributed by atoms with Crippen molar-refractivity contribution in [3.8, 4) is 0 Å². The van der Waals surface area contributed by atoms with Crippen molar-refractivity contribution in [2.45, 2.75) is 40.2 Å². The van der Waals surface area contributed by atoms with E-state index in [0.717, 1.165) is 19.6 Å². The van der Waals surface area contributed by atoms with Crippen LogP contribution in [-0.4, -0.2) is 30.4 Å². The molecule has 1 fully saturated rings. The lowest BCUT2D eigenvalue weighted by Gasteiger charge is -2.25. The van der Waals surface area contributed by atoms with Crippen LogP contribution < -0.4 is 5.32 Å². The molecule has 20 heavy (non-hydrogen) atoms. The molecule has 0 radical (unpaired) electrons. The topological polar surface area (TPSA) is 32.3 Å². The Labute approximate surface area is 122 Å². The molecule has 0 spiro atoms. The van der Waals surface area contributed by atoms with Crippen LogP contribution in [0.3, 0.4) is 0 Å². The number of carbonyl (C=O) groups excluding carboxylic acids is 1. The molecule has 1 aromatic rings. The fraction of sp³-hybridized carbons (Fsp3) is 0.588. The lowest BCUT2D eigenvalue weighted by molar-refractivity contribution is -0.128. The molecule has 2 atom stereocenters. The molecular weight excluding hydrogens is 248 g/mol. The Balaban J connectivity index is 2.14. The van der Waals surface area contributed by atoms with Crippen molar-refractivity contribution in [2.75, 3.05) is 19.6 Å². The number of aryl methyl sites for hydroxylation is 2. The molecule has 1 aliphatic rings. The molecule has 0 aromatic heterocycles. The van der Waals surface area contributed by atoms with Crippen molar-refractivity contribution >= 4 is 5.91 Å². The highest BCUT2D eigenvalue weighted by Gasteiger charge is 2.28. The third kappa shape index (κ3) is 3.40. The molecule has 110 valence electrons. The Bertz CT molecular complexity index is 484. The highest BCUT2D eigenvalue weighted by Crippen LogP contribution is 2.23. The number of hydrogen-bond donors (Lipinski definition) is 1. The SMILES string of the molecule is CCNC(CN1CC(C)CC1=O)c1ccc(C)c(C)c1. The summed E-state index contributed by atoms with van der Waals surface area (Å²) in [6.45, 7) is 11.1. The van der Waals surface area contributed by atoms with Crippen LogP contribution in [0.4, 0.5) is 0 Å². The van der Waals surface area contributed by atoms with Gasteiger partial charge in [-0.05, 0) is 43.0 Å². The second-order valence-corrected chi connectivity index (χ2v) is 6.06. The van der Waals surface area contributed by atoms with E-state index in [1.807, 2.05) is 4.90 Å². The lowest BCUT2D eigenvalue weighted by Crippen LogP contribution is -2.36. The monoisotopic (exact) mass is 274 g/mol. The van der Waals surface area contributed by atoms with Crippen LogP contribution in [0, 0.1) is 19.8 Å². The maximum atomic E-state index is 12.0. The first-order valence-electron chi connectivity index (χ1n) is 7.59. The van der Waals surface area contributed by atoms with Gasteiger partial charge in [0.2, 0.25) is 5.91 Å². The maximum absolute atomic E-state index is 12.0. The summed E-state index contributed by atoms with van der Waals surface area (Å²) in [7, 11) is 0. The third-order valence-corrected chi connectivity index (χ3v) is 4.19. The number of amides is 1. The van der Waals surface area contributed by atoms with Gasteiger partial charge in [0.1, 0.15) is 0 Å². The fourth-order valence-electron chi connectivity index (χ4n) is 2.88. The van der Waals surface area contributed by atoms with Crippen molar-refractivity contribution < 1.29 is 4.79 Å². The van der Waals surface area contributed by atoms with E-state index in [1.165, 1.54) is 16.7 Å². The van der Waals surface area contributed by atoms with E-state index < -0.39 is 0 Å². The van der Waals surface area contributed by atoms with Gasteiger partial charge in [-0.15, -0.1) is 0 Å². The van der Waals surface area contributed by atoms with Gasteiger partial charge in [0.05, 0.1) is 0 Å². The number of benzene rings is 1. The molecule has 0 bridgehead atoms. The highest BCUT2D eigenvalue weighted by molar-refractivity contribution is 5.78. The zero-order valence-electron chi connectivity index (χ0n) is 13.1. The molecule has 0 saturated carbocycles. The molecule has 1 aromatic carbocycles. The Hall–Kier alpha value is -1.35. The van der Waals surface area contributed by atoms with E-state index in [1.54, 1.807) is 0 Å². The van der Waals surface area contributed by atoms with Gasteiger partial charge < -0.3 is 10.2 Å². The molecule has 3 heteroatoms. The van der Waals surface area contributed by atoms with Crippen molar-refractivity contribution in [1.29, 1.82) is 0 Å². The quantitative estimate of drug-likeness (QED) is 0.895. The summed E-state index contributed by atoms with van der Waals surface area (Å²) in [5.41, 5.74) is 3.91. The smallest absolute Gasteiger partial charge is 0.222 e. The van der Waals surface area contributed by atoms with Crippen LogP contribution in [0.5, 0.6) is 0 Å². The van der Waals surface area contributed by atoms with Crippen molar-refractivity contribution in [1.82, 2.24) is 10.2 Å². The van der Waals surface area contributed by atoms with Crippen molar-refractivity contribution in [3.63, 3.8) is 0 Å². The number of nitrogens with zero attached hydrogens (tertiary/aromatic N) is 1. The second-order valence-electron chi connectivity index (χ2n) is 6.06. The Morgan fingerprint density at radius 1 is 1.35 bits per heavy atom. The molecule has 1 N–H and O–H groups in total. The summed E-state index contributed by atoms with van der Waals surface area (Å²) in [5.74, 6) is 0.786. The summed E-state index contributed by atoms with van der Waals surface area (Å²) in [4.78, 5) is 14.0. The van der Waals surface area contributed by atoms with Crippen LogP contribution in [0.25, 0.3) is 0 Å². The van der Waals surface area contributed by atoms with Crippen LogP contribution in [0.1, 0.15) is 43.0 Å². The molecule has 2 unspecified atom stereocenters. The first-order chi connectivity index (χ1) is 9.51. The molecule has 0 aliphatic carbocycles. The van der Waals surface area contributed by atoms with Crippen LogP contribution in [0.2, 0.25) is 0 Å². The van der Waals surface area contributed by atoms with E-state index in [0.29, 0.717) is 18.2 Å². The minimum absolute atomic E-state index is 0.230. The number of likely N-dealkylation sites (N-methyl/N-ethyl adjacent to an activating group) is 1. The van der Waals surface area contributed by atoms with Gasteiger partial charge in [-0.2, -0.15) is 0 Å². The largest absolute Gasteiger partial charge is 0.340 e. The van der Waals surface area contributed by atoms with Gasteiger partial charge >= 0.3 is 0 Å². The van der Waals surface area contributed by atoms with Gasteiger partial charge in [-0.25, -0.2) is 0 Å². The van der Waals surface area contributed by atoms with Gasteiger partial charge in [0.25, 0.3) is 0 Å². The summed E-state index contributed by atoms with van der Waals surface area (Å²) < 4.78 is 0. The molecule has 1 amide bonds. The standard InChI is InChI=1S/C17H26N2O/c1-5-18-16(11-19-10-12(2)8-17(19)20)15-7-6-13(3)14(4)9-15/h6-7,9,12,16,18H,5,8,10-11H2,1-4H3. The highest BCUT2D eigenvalue weighted by atomic mass is 16.2. The minimum atomic E-state index is 0.230. The molecular formula is C17H26N2O. The third-order valence-electron chi connectivity index (χ3n) is 4.19. The van der Waals surface area contributed by atoms with Gasteiger partial charge in [0, 0.05) is 25.6 Å². The van der Waals surface area contributed by atoms with Crippen molar-refractivity contribution in [3.05, 3.63) is 34.9 Å².